The summed E-state index contributed by atoms with van der Waals surface area (Å²) in [5, 5.41) is 0.754. The predicted molar refractivity (Wildman–Crippen MR) is 78.2 cm³/mol. The quantitative estimate of drug-likeness (QED) is 0.932. The molecule has 0 atom stereocenters. The van der Waals surface area contributed by atoms with E-state index in [0.29, 0.717) is 19.0 Å². The van der Waals surface area contributed by atoms with Gasteiger partial charge in [-0.1, -0.05) is 29.8 Å². The van der Waals surface area contributed by atoms with E-state index in [0.717, 1.165) is 21.8 Å². The Balaban J connectivity index is 2.18. The van der Waals surface area contributed by atoms with Crippen LogP contribution in [0.4, 0.5) is 5.95 Å². The third-order valence-corrected chi connectivity index (χ3v) is 3.36. The SMILES string of the molecule is Cc1nc(N(C)Cc2ccccc2Cl)ncc1CN. The summed E-state index contributed by atoms with van der Waals surface area (Å²) in [5.74, 6) is 0.676. The van der Waals surface area contributed by atoms with E-state index < -0.39 is 0 Å². The van der Waals surface area contributed by atoms with Crippen molar-refractivity contribution < 1.29 is 0 Å². The summed E-state index contributed by atoms with van der Waals surface area (Å²) >= 11 is 6.15. The molecule has 2 N–H and O–H groups in total. The Labute approximate surface area is 118 Å². The molecule has 0 amide bonds. The summed E-state index contributed by atoms with van der Waals surface area (Å²) in [6.45, 7) is 3.07. The van der Waals surface area contributed by atoms with Gasteiger partial charge in [0.25, 0.3) is 0 Å². The number of halogens is 1. The number of aryl methyl sites for hydroxylation is 1. The van der Waals surface area contributed by atoms with Gasteiger partial charge in [-0.2, -0.15) is 0 Å². The minimum absolute atomic E-state index is 0.459. The number of nitrogens with two attached hydrogens (primary N) is 1. The lowest BCUT2D eigenvalue weighted by Gasteiger charge is -2.18. The van der Waals surface area contributed by atoms with E-state index in [1.165, 1.54) is 0 Å². The maximum Gasteiger partial charge on any atom is 0.225 e. The van der Waals surface area contributed by atoms with E-state index in [1.54, 1.807) is 6.20 Å². The minimum atomic E-state index is 0.459. The number of aromatic nitrogens is 2. The molecule has 1 aromatic carbocycles. The van der Waals surface area contributed by atoms with Crippen molar-refractivity contribution in [2.24, 2.45) is 5.73 Å². The molecule has 0 aliphatic heterocycles. The molecule has 4 nitrogen and oxygen atoms in total. The predicted octanol–water partition coefficient (Wildman–Crippen LogP) is 2.53. The number of hydrogen-bond acceptors (Lipinski definition) is 4. The van der Waals surface area contributed by atoms with Gasteiger partial charge in [0.2, 0.25) is 5.95 Å². The van der Waals surface area contributed by atoms with Crippen LogP contribution in [-0.4, -0.2) is 17.0 Å². The lowest BCUT2D eigenvalue weighted by Crippen LogP contribution is -2.20. The third-order valence-electron chi connectivity index (χ3n) is 2.99. The molecule has 0 unspecified atom stereocenters. The molecular weight excluding hydrogens is 260 g/mol. The van der Waals surface area contributed by atoms with E-state index >= 15 is 0 Å². The van der Waals surface area contributed by atoms with Crippen LogP contribution in [0.15, 0.2) is 30.5 Å². The lowest BCUT2D eigenvalue weighted by molar-refractivity contribution is 0.846. The summed E-state index contributed by atoms with van der Waals surface area (Å²) in [6.07, 6.45) is 1.78. The lowest BCUT2D eigenvalue weighted by atomic mass is 10.2. The monoisotopic (exact) mass is 276 g/mol. The van der Waals surface area contributed by atoms with Crippen LogP contribution in [0.1, 0.15) is 16.8 Å². The second-order valence-electron chi connectivity index (χ2n) is 4.43. The molecule has 0 spiro atoms. The third kappa shape index (κ3) is 3.22. The van der Waals surface area contributed by atoms with Crippen LogP contribution >= 0.6 is 11.6 Å². The molecule has 0 aliphatic carbocycles. The summed E-state index contributed by atoms with van der Waals surface area (Å²) in [5.41, 5.74) is 8.54. The Morgan fingerprint density at radius 3 is 2.63 bits per heavy atom. The van der Waals surface area contributed by atoms with Crippen LogP contribution in [0, 0.1) is 6.92 Å². The molecule has 1 aromatic heterocycles. The van der Waals surface area contributed by atoms with Crippen molar-refractivity contribution >= 4 is 17.5 Å². The van der Waals surface area contributed by atoms with Gasteiger partial charge in [-0.25, -0.2) is 9.97 Å². The summed E-state index contributed by atoms with van der Waals surface area (Å²) < 4.78 is 0. The van der Waals surface area contributed by atoms with Gasteiger partial charge >= 0.3 is 0 Å². The molecule has 0 radical (unpaired) electrons. The summed E-state index contributed by atoms with van der Waals surface area (Å²) in [7, 11) is 1.94. The van der Waals surface area contributed by atoms with Crippen molar-refractivity contribution in [3.05, 3.63) is 52.3 Å². The number of hydrogen-bond donors (Lipinski definition) is 1. The maximum absolute atomic E-state index is 6.15. The maximum atomic E-state index is 6.15. The van der Waals surface area contributed by atoms with Crippen LogP contribution < -0.4 is 10.6 Å². The fourth-order valence-electron chi connectivity index (χ4n) is 1.82. The van der Waals surface area contributed by atoms with Crippen LogP contribution in [-0.2, 0) is 13.1 Å². The van der Waals surface area contributed by atoms with Crippen molar-refractivity contribution in [3.63, 3.8) is 0 Å². The highest BCUT2D eigenvalue weighted by Gasteiger charge is 2.09. The molecule has 0 bridgehead atoms. The molecule has 5 heteroatoms. The standard InChI is InChI=1S/C14H17ClN4/c1-10-12(7-16)8-17-14(18-10)19(2)9-11-5-3-4-6-13(11)15/h3-6,8H,7,9,16H2,1-2H3. The van der Waals surface area contributed by atoms with Crippen LogP contribution in [0.2, 0.25) is 5.02 Å². The fourth-order valence-corrected chi connectivity index (χ4v) is 2.01. The van der Waals surface area contributed by atoms with Gasteiger partial charge < -0.3 is 10.6 Å². The van der Waals surface area contributed by atoms with Crippen molar-refractivity contribution in [1.29, 1.82) is 0 Å². The van der Waals surface area contributed by atoms with Gasteiger partial charge in [0.1, 0.15) is 0 Å². The Kier molecular flexibility index (Phi) is 4.35. The van der Waals surface area contributed by atoms with Crippen molar-refractivity contribution in [2.45, 2.75) is 20.0 Å². The smallest absolute Gasteiger partial charge is 0.225 e. The van der Waals surface area contributed by atoms with Crippen molar-refractivity contribution in [2.75, 3.05) is 11.9 Å². The average molecular weight is 277 g/mol. The molecule has 19 heavy (non-hydrogen) atoms. The topological polar surface area (TPSA) is 55.0 Å². The van der Waals surface area contributed by atoms with Crippen molar-refractivity contribution in [3.8, 4) is 0 Å². The highest BCUT2D eigenvalue weighted by molar-refractivity contribution is 6.31. The van der Waals surface area contributed by atoms with Gasteiger partial charge in [0.05, 0.1) is 0 Å². The van der Waals surface area contributed by atoms with Gasteiger partial charge in [-0.15, -0.1) is 0 Å². The molecule has 0 aliphatic rings. The molecule has 100 valence electrons. The molecule has 2 rings (SSSR count). The van der Waals surface area contributed by atoms with E-state index in [2.05, 4.69) is 9.97 Å². The first-order chi connectivity index (χ1) is 9.11. The zero-order chi connectivity index (χ0) is 13.8. The first kappa shape index (κ1) is 13.8. The minimum Gasteiger partial charge on any atom is -0.339 e. The number of benzene rings is 1. The molecule has 0 saturated heterocycles. The largest absolute Gasteiger partial charge is 0.339 e. The zero-order valence-electron chi connectivity index (χ0n) is 11.1. The van der Waals surface area contributed by atoms with Gasteiger partial charge in [-0.05, 0) is 18.6 Å². The van der Waals surface area contributed by atoms with Crippen LogP contribution in [0.5, 0.6) is 0 Å². The van der Waals surface area contributed by atoms with E-state index in [1.807, 2.05) is 43.1 Å². The number of rotatable bonds is 4. The van der Waals surface area contributed by atoms with E-state index in [-0.39, 0.29) is 0 Å². The Morgan fingerprint density at radius 2 is 2.00 bits per heavy atom. The zero-order valence-corrected chi connectivity index (χ0v) is 11.9. The highest BCUT2D eigenvalue weighted by atomic mass is 35.5. The normalized spacial score (nSPS) is 10.5. The number of nitrogens with zero attached hydrogens (tertiary/aromatic N) is 3. The van der Waals surface area contributed by atoms with Gasteiger partial charge in [0, 0.05) is 42.6 Å². The Hall–Kier alpha value is -1.65. The Bertz CT molecular complexity index is 571. The van der Waals surface area contributed by atoms with Crippen molar-refractivity contribution in [1.82, 2.24) is 9.97 Å². The molecular formula is C14H17ClN4. The summed E-state index contributed by atoms with van der Waals surface area (Å²) in [4.78, 5) is 10.8. The van der Waals surface area contributed by atoms with Crippen LogP contribution in [0.3, 0.4) is 0 Å². The first-order valence-corrected chi connectivity index (χ1v) is 6.46. The van der Waals surface area contributed by atoms with E-state index in [9.17, 15) is 0 Å². The number of anilines is 1. The second kappa shape index (κ2) is 5.99. The van der Waals surface area contributed by atoms with E-state index in [4.69, 9.17) is 17.3 Å². The first-order valence-electron chi connectivity index (χ1n) is 6.09. The molecule has 0 saturated carbocycles. The second-order valence-corrected chi connectivity index (χ2v) is 4.84. The molecule has 1 heterocycles. The van der Waals surface area contributed by atoms with Crippen LogP contribution in [0.25, 0.3) is 0 Å². The summed E-state index contributed by atoms with van der Waals surface area (Å²) in [6, 6.07) is 7.77. The Morgan fingerprint density at radius 1 is 1.26 bits per heavy atom. The molecule has 0 fully saturated rings. The average Bonchev–Trinajstić information content (AvgIpc) is 2.41. The fraction of sp³-hybridized carbons (Fsp3) is 0.286. The van der Waals surface area contributed by atoms with Gasteiger partial charge in [0.15, 0.2) is 0 Å². The molecule has 2 aromatic rings. The highest BCUT2D eigenvalue weighted by Crippen LogP contribution is 2.18. The van der Waals surface area contributed by atoms with Gasteiger partial charge in [-0.3, -0.25) is 0 Å².